The Morgan fingerprint density at radius 1 is 1.60 bits per heavy atom. The molecule has 0 saturated heterocycles. The minimum atomic E-state index is -0.608. The van der Waals surface area contributed by atoms with Crippen LogP contribution in [0, 0.1) is 11.3 Å². The van der Waals surface area contributed by atoms with Gasteiger partial charge in [0.05, 0.1) is 5.92 Å². The summed E-state index contributed by atoms with van der Waals surface area (Å²) in [5, 5.41) is 8.65. The third-order valence-corrected chi connectivity index (χ3v) is 2.90. The monoisotopic (exact) mass is 142 g/mol. The lowest BCUT2D eigenvalue weighted by Crippen LogP contribution is -2.08. The minimum Gasteiger partial charge on any atom is -0.481 e. The van der Waals surface area contributed by atoms with E-state index in [2.05, 4.69) is 13.8 Å². The van der Waals surface area contributed by atoms with Crippen LogP contribution in [0.2, 0.25) is 0 Å². The van der Waals surface area contributed by atoms with Crippen LogP contribution in [0.3, 0.4) is 0 Å². The lowest BCUT2D eigenvalue weighted by molar-refractivity contribution is -0.139. The molecule has 0 spiro atoms. The van der Waals surface area contributed by atoms with E-state index in [1.165, 1.54) is 0 Å². The van der Waals surface area contributed by atoms with Crippen molar-refractivity contribution in [2.45, 2.75) is 33.1 Å². The molecule has 1 N–H and O–H groups in total. The molecule has 0 aromatic heterocycles. The summed E-state index contributed by atoms with van der Waals surface area (Å²) >= 11 is 0. The van der Waals surface area contributed by atoms with Crippen LogP contribution in [0.1, 0.15) is 33.1 Å². The second-order valence-electron chi connectivity index (χ2n) is 3.16. The number of aliphatic carboxylic acids is 1. The summed E-state index contributed by atoms with van der Waals surface area (Å²) in [5.41, 5.74) is 0.172. The van der Waals surface area contributed by atoms with Crippen LogP contribution in [0.25, 0.3) is 0 Å². The summed E-state index contributed by atoms with van der Waals surface area (Å²) < 4.78 is 0. The van der Waals surface area contributed by atoms with Gasteiger partial charge < -0.3 is 5.11 Å². The fraction of sp³-hybridized carbons (Fsp3) is 0.875. The van der Waals surface area contributed by atoms with Gasteiger partial charge in [-0.15, -0.1) is 0 Å². The SMILES string of the molecule is CCC1(CC)C[C@H]1C(=O)O. The first-order valence-corrected chi connectivity index (χ1v) is 3.89. The molecule has 1 saturated carbocycles. The van der Waals surface area contributed by atoms with E-state index in [4.69, 9.17) is 5.11 Å². The zero-order chi connectivity index (χ0) is 7.78. The first-order valence-electron chi connectivity index (χ1n) is 3.89. The Labute approximate surface area is 61.2 Å². The van der Waals surface area contributed by atoms with Crippen molar-refractivity contribution in [1.29, 1.82) is 0 Å². The molecule has 58 valence electrons. The minimum absolute atomic E-state index is 0.0394. The molecule has 0 aromatic rings. The van der Waals surface area contributed by atoms with Gasteiger partial charge in [-0.3, -0.25) is 4.79 Å². The number of rotatable bonds is 3. The number of carboxylic acids is 1. The Balaban J connectivity index is 2.53. The van der Waals surface area contributed by atoms with Gasteiger partial charge >= 0.3 is 5.97 Å². The van der Waals surface area contributed by atoms with Crippen LogP contribution in [-0.2, 0) is 4.79 Å². The lowest BCUT2D eigenvalue weighted by Gasteiger charge is -2.08. The summed E-state index contributed by atoms with van der Waals surface area (Å²) in [6, 6.07) is 0. The van der Waals surface area contributed by atoms with Gasteiger partial charge in [-0.1, -0.05) is 13.8 Å². The molecule has 2 nitrogen and oxygen atoms in total. The van der Waals surface area contributed by atoms with E-state index in [1.54, 1.807) is 0 Å². The molecule has 1 aliphatic carbocycles. The van der Waals surface area contributed by atoms with Gasteiger partial charge in [0.15, 0.2) is 0 Å². The molecule has 10 heavy (non-hydrogen) atoms. The van der Waals surface area contributed by atoms with Gasteiger partial charge in [-0.05, 0) is 24.7 Å². The number of carboxylic acid groups (broad SMARTS) is 1. The smallest absolute Gasteiger partial charge is 0.307 e. The molecule has 1 aliphatic rings. The molecule has 0 radical (unpaired) electrons. The van der Waals surface area contributed by atoms with E-state index in [0.717, 1.165) is 19.3 Å². The van der Waals surface area contributed by atoms with Gasteiger partial charge in [0, 0.05) is 0 Å². The quantitative estimate of drug-likeness (QED) is 0.653. The Morgan fingerprint density at radius 2 is 2.10 bits per heavy atom. The average Bonchev–Trinajstić information content (AvgIpc) is 2.63. The van der Waals surface area contributed by atoms with Gasteiger partial charge in [0.25, 0.3) is 0 Å². The molecule has 1 fully saturated rings. The predicted octanol–water partition coefficient (Wildman–Crippen LogP) is 1.90. The standard InChI is InChI=1S/C8H14O2/c1-3-8(4-2)5-6(8)7(9)10/h6H,3-5H2,1-2H3,(H,9,10)/t6-/m0/s1. The van der Waals surface area contributed by atoms with E-state index < -0.39 is 5.97 Å². The van der Waals surface area contributed by atoms with Crippen molar-refractivity contribution in [1.82, 2.24) is 0 Å². The highest BCUT2D eigenvalue weighted by molar-refractivity contribution is 5.74. The normalized spacial score (nSPS) is 28.0. The summed E-state index contributed by atoms with van der Waals surface area (Å²) in [5.74, 6) is -0.647. The third-order valence-electron chi connectivity index (χ3n) is 2.90. The van der Waals surface area contributed by atoms with Crippen molar-refractivity contribution in [2.24, 2.45) is 11.3 Å². The Hall–Kier alpha value is -0.530. The van der Waals surface area contributed by atoms with Crippen LogP contribution in [0.15, 0.2) is 0 Å². The predicted molar refractivity (Wildman–Crippen MR) is 38.8 cm³/mol. The molecule has 2 heteroatoms. The first-order chi connectivity index (χ1) is 4.66. The van der Waals surface area contributed by atoms with Gasteiger partial charge in [-0.25, -0.2) is 0 Å². The van der Waals surface area contributed by atoms with Crippen LogP contribution >= 0.6 is 0 Å². The third kappa shape index (κ3) is 0.917. The first kappa shape index (κ1) is 7.58. The van der Waals surface area contributed by atoms with Crippen molar-refractivity contribution in [2.75, 3.05) is 0 Å². The van der Waals surface area contributed by atoms with Crippen molar-refractivity contribution in [3.63, 3.8) is 0 Å². The fourth-order valence-electron chi connectivity index (χ4n) is 1.73. The fourth-order valence-corrected chi connectivity index (χ4v) is 1.73. The van der Waals surface area contributed by atoms with Gasteiger partial charge in [0.2, 0.25) is 0 Å². The maximum absolute atomic E-state index is 10.5. The molecule has 0 unspecified atom stereocenters. The summed E-state index contributed by atoms with van der Waals surface area (Å²) in [4.78, 5) is 10.5. The average molecular weight is 142 g/mol. The van der Waals surface area contributed by atoms with Crippen LogP contribution < -0.4 is 0 Å². The van der Waals surface area contributed by atoms with E-state index in [1.807, 2.05) is 0 Å². The Morgan fingerprint density at radius 3 is 2.20 bits per heavy atom. The zero-order valence-corrected chi connectivity index (χ0v) is 6.55. The molecule has 0 amide bonds. The van der Waals surface area contributed by atoms with Crippen molar-refractivity contribution >= 4 is 5.97 Å². The van der Waals surface area contributed by atoms with Gasteiger partial charge in [0.1, 0.15) is 0 Å². The van der Waals surface area contributed by atoms with Crippen molar-refractivity contribution in [3.8, 4) is 0 Å². The highest BCUT2D eigenvalue weighted by Crippen LogP contribution is 2.57. The molecule has 0 aromatic carbocycles. The molecule has 0 bridgehead atoms. The molecule has 1 rings (SSSR count). The van der Waals surface area contributed by atoms with Crippen molar-refractivity contribution in [3.05, 3.63) is 0 Å². The molecule has 0 aliphatic heterocycles. The van der Waals surface area contributed by atoms with Crippen LogP contribution in [0.5, 0.6) is 0 Å². The second kappa shape index (κ2) is 2.26. The maximum atomic E-state index is 10.5. The van der Waals surface area contributed by atoms with Crippen molar-refractivity contribution < 1.29 is 9.90 Å². The topological polar surface area (TPSA) is 37.3 Å². The van der Waals surface area contributed by atoms with Crippen LogP contribution in [0.4, 0.5) is 0 Å². The second-order valence-corrected chi connectivity index (χ2v) is 3.16. The number of hydrogen-bond donors (Lipinski definition) is 1. The number of hydrogen-bond acceptors (Lipinski definition) is 1. The molecular weight excluding hydrogens is 128 g/mol. The zero-order valence-electron chi connectivity index (χ0n) is 6.55. The number of carbonyl (C=O) groups is 1. The highest BCUT2D eigenvalue weighted by atomic mass is 16.4. The highest BCUT2D eigenvalue weighted by Gasteiger charge is 2.55. The summed E-state index contributed by atoms with van der Waals surface area (Å²) in [7, 11) is 0. The van der Waals surface area contributed by atoms with E-state index >= 15 is 0 Å². The maximum Gasteiger partial charge on any atom is 0.307 e. The summed E-state index contributed by atoms with van der Waals surface area (Å²) in [6.07, 6.45) is 2.93. The lowest BCUT2D eigenvalue weighted by atomic mass is 9.97. The molecule has 1 atom stereocenters. The Bertz CT molecular complexity index is 147. The summed E-state index contributed by atoms with van der Waals surface area (Å²) in [6.45, 7) is 4.15. The largest absolute Gasteiger partial charge is 0.481 e. The van der Waals surface area contributed by atoms with Gasteiger partial charge in [-0.2, -0.15) is 0 Å². The molecular formula is C8H14O2. The molecule has 0 heterocycles. The van der Waals surface area contributed by atoms with E-state index in [0.29, 0.717) is 0 Å². The van der Waals surface area contributed by atoms with E-state index in [-0.39, 0.29) is 11.3 Å². The van der Waals surface area contributed by atoms with E-state index in [9.17, 15) is 4.79 Å². The Kier molecular flexibility index (Phi) is 1.71. The van der Waals surface area contributed by atoms with Crippen LogP contribution in [-0.4, -0.2) is 11.1 Å².